The Bertz CT molecular complexity index is 901. The summed E-state index contributed by atoms with van der Waals surface area (Å²) < 4.78 is 0. The van der Waals surface area contributed by atoms with Crippen LogP contribution in [0.1, 0.15) is 29.5 Å². The molecule has 25 heavy (non-hydrogen) atoms. The van der Waals surface area contributed by atoms with Gasteiger partial charge in [-0.05, 0) is 66.5 Å². The Hall–Kier alpha value is -2.19. The summed E-state index contributed by atoms with van der Waals surface area (Å²) >= 11 is 0. The van der Waals surface area contributed by atoms with Crippen LogP contribution in [0.2, 0.25) is 0 Å². The minimum absolute atomic E-state index is 0.683. The van der Waals surface area contributed by atoms with E-state index < -0.39 is 0 Å². The first-order chi connectivity index (χ1) is 12.3. The Morgan fingerprint density at radius 1 is 0.920 bits per heavy atom. The molecule has 2 aliphatic heterocycles. The molecule has 126 valence electrons. The molecule has 3 heterocycles. The minimum atomic E-state index is 0.683. The number of benzene rings is 2. The Kier molecular flexibility index (Phi) is 3.79. The lowest BCUT2D eigenvalue weighted by molar-refractivity contribution is 0.0938. The molecule has 1 aliphatic carbocycles. The van der Waals surface area contributed by atoms with Crippen molar-refractivity contribution < 1.29 is 0 Å². The molecule has 1 aromatic heterocycles. The van der Waals surface area contributed by atoms with E-state index >= 15 is 0 Å². The van der Waals surface area contributed by atoms with Crippen molar-refractivity contribution in [2.45, 2.75) is 38.3 Å². The third-order valence-electron chi connectivity index (χ3n) is 6.05. The molecule has 0 spiro atoms. The van der Waals surface area contributed by atoms with Crippen LogP contribution >= 0.6 is 0 Å². The van der Waals surface area contributed by atoms with Crippen LogP contribution in [0.4, 0.5) is 0 Å². The van der Waals surface area contributed by atoms with Crippen LogP contribution in [-0.2, 0) is 19.4 Å². The summed E-state index contributed by atoms with van der Waals surface area (Å²) in [4.78, 5) is 7.18. The number of rotatable bonds is 2. The maximum absolute atomic E-state index is 4.45. The van der Waals surface area contributed by atoms with Crippen molar-refractivity contribution in [3.8, 4) is 0 Å². The van der Waals surface area contributed by atoms with E-state index in [0.29, 0.717) is 6.04 Å². The summed E-state index contributed by atoms with van der Waals surface area (Å²) in [6.45, 7) is 2.30. The molecule has 2 bridgehead atoms. The number of piperidine rings is 1. The fraction of sp³-hybridized carbons (Fsp3) is 0.348. The van der Waals surface area contributed by atoms with Crippen molar-refractivity contribution in [1.29, 1.82) is 0 Å². The van der Waals surface area contributed by atoms with Gasteiger partial charge >= 0.3 is 0 Å². The topological polar surface area (TPSA) is 16.1 Å². The maximum atomic E-state index is 4.45. The second-order valence-corrected chi connectivity index (χ2v) is 7.73. The molecule has 0 N–H and O–H groups in total. The van der Waals surface area contributed by atoms with E-state index in [1.165, 1.54) is 43.2 Å². The number of nitrogens with zero attached hydrogens (tertiary/aromatic N) is 2. The molecule has 0 saturated carbocycles. The van der Waals surface area contributed by atoms with Crippen LogP contribution in [0.25, 0.3) is 10.9 Å². The van der Waals surface area contributed by atoms with Gasteiger partial charge in [-0.2, -0.15) is 0 Å². The van der Waals surface area contributed by atoms with Gasteiger partial charge in [-0.3, -0.25) is 9.88 Å². The van der Waals surface area contributed by atoms with Crippen molar-refractivity contribution in [3.05, 3.63) is 77.5 Å². The van der Waals surface area contributed by atoms with Gasteiger partial charge in [-0.1, -0.05) is 36.4 Å². The second kappa shape index (κ2) is 6.27. The van der Waals surface area contributed by atoms with Gasteiger partial charge in [0.2, 0.25) is 0 Å². The van der Waals surface area contributed by atoms with E-state index in [1.807, 2.05) is 12.3 Å². The first-order valence-corrected chi connectivity index (χ1v) is 9.50. The van der Waals surface area contributed by atoms with E-state index in [0.717, 1.165) is 18.0 Å². The van der Waals surface area contributed by atoms with Gasteiger partial charge in [0.15, 0.2) is 0 Å². The van der Waals surface area contributed by atoms with Crippen molar-refractivity contribution in [1.82, 2.24) is 9.88 Å². The summed E-state index contributed by atoms with van der Waals surface area (Å²) in [5.74, 6) is 0.805. The van der Waals surface area contributed by atoms with Crippen molar-refractivity contribution in [2.75, 3.05) is 6.54 Å². The number of pyridine rings is 1. The van der Waals surface area contributed by atoms with Gasteiger partial charge in [-0.25, -0.2) is 0 Å². The van der Waals surface area contributed by atoms with Crippen molar-refractivity contribution >= 4 is 10.9 Å². The first-order valence-electron chi connectivity index (χ1n) is 9.50. The number of fused-ring (bicyclic) bond motifs is 3. The van der Waals surface area contributed by atoms with E-state index in [1.54, 1.807) is 11.1 Å². The number of hydrogen-bond donors (Lipinski definition) is 0. The van der Waals surface area contributed by atoms with Gasteiger partial charge in [0.05, 0.1) is 5.52 Å². The van der Waals surface area contributed by atoms with Crippen LogP contribution in [-0.4, -0.2) is 22.5 Å². The fourth-order valence-electron chi connectivity index (χ4n) is 4.75. The lowest BCUT2D eigenvalue weighted by atomic mass is 9.80. The smallest absolute Gasteiger partial charge is 0.0702 e. The van der Waals surface area contributed by atoms with Gasteiger partial charge in [0.1, 0.15) is 0 Å². The summed E-state index contributed by atoms with van der Waals surface area (Å²) in [5, 5.41) is 1.25. The molecule has 2 heteroatoms. The van der Waals surface area contributed by atoms with Crippen LogP contribution in [0.15, 0.2) is 60.8 Å². The maximum Gasteiger partial charge on any atom is 0.0702 e. The Labute approximate surface area is 149 Å². The minimum Gasteiger partial charge on any atom is -0.296 e. The molecule has 2 atom stereocenters. The molecule has 0 unspecified atom stereocenters. The quantitative estimate of drug-likeness (QED) is 0.683. The van der Waals surface area contributed by atoms with Crippen LogP contribution in [0, 0.1) is 5.92 Å². The van der Waals surface area contributed by atoms with Gasteiger partial charge in [0, 0.05) is 30.7 Å². The van der Waals surface area contributed by atoms with E-state index in [2.05, 4.69) is 58.4 Å². The SMILES string of the molecule is c1ccc2c(c1)C[C@@H]1CC[C@H](C2)N(Cc2ccc3ncccc3c2)C1. The zero-order chi connectivity index (χ0) is 16.6. The molecule has 2 nitrogen and oxygen atoms in total. The number of aromatic nitrogens is 1. The molecular formula is C23H24N2. The van der Waals surface area contributed by atoms with Crippen molar-refractivity contribution in [2.24, 2.45) is 5.92 Å². The highest BCUT2D eigenvalue weighted by atomic mass is 15.2. The zero-order valence-electron chi connectivity index (χ0n) is 14.6. The van der Waals surface area contributed by atoms with E-state index in [4.69, 9.17) is 0 Å². The van der Waals surface area contributed by atoms with Gasteiger partial charge in [0.25, 0.3) is 0 Å². The van der Waals surface area contributed by atoms with Gasteiger partial charge < -0.3 is 0 Å². The third kappa shape index (κ3) is 2.96. The molecule has 1 saturated heterocycles. The standard InChI is InChI=1S/C23H24N2/c1-2-5-20-14-22-9-7-17(12-19(20)4-1)15-25(22)16-18-8-10-23-21(13-18)6-3-11-24-23/h1-6,8,10-11,13,17,22H,7,9,12,14-16H2/t17-,22+/m0/s1. The zero-order valence-corrected chi connectivity index (χ0v) is 14.6. The Morgan fingerprint density at radius 3 is 2.72 bits per heavy atom. The third-order valence-corrected chi connectivity index (χ3v) is 6.05. The van der Waals surface area contributed by atoms with Crippen LogP contribution in [0.3, 0.4) is 0 Å². The van der Waals surface area contributed by atoms with Gasteiger partial charge in [-0.15, -0.1) is 0 Å². The van der Waals surface area contributed by atoms with Crippen LogP contribution in [0.5, 0.6) is 0 Å². The fourth-order valence-corrected chi connectivity index (χ4v) is 4.75. The summed E-state index contributed by atoms with van der Waals surface area (Å²) in [5.41, 5.74) is 5.67. The second-order valence-electron chi connectivity index (χ2n) is 7.73. The molecular weight excluding hydrogens is 304 g/mol. The molecule has 0 radical (unpaired) electrons. The van der Waals surface area contributed by atoms with E-state index in [9.17, 15) is 0 Å². The normalized spacial score (nSPS) is 23.2. The average molecular weight is 328 g/mol. The highest BCUT2D eigenvalue weighted by Gasteiger charge is 2.31. The molecule has 2 aromatic carbocycles. The summed E-state index contributed by atoms with van der Waals surface area (Å²) in [7, 11) is 0. The average Bonchev–Trinajstić information content (AvgIpc) is 2.62. The first kappa shape index (κ1) is 15.1. The Balaban J connectivity index is 1.42. The lowest BCUT2D eigenvalue weighted by Crippen LogP contribution is -2.46. The summed E-state index contributed by atoms with van der Waals surface area (Å²) in [6, 6.07) is 20.7. The molecule has 0 amide bonds. The molecule has 6 rings (SSSR count). The van der Waals surface area contributed by atoms with E-state index in [-0.39, 0.29) is 0 Å². The van der Waals surface area contributed by atoms with Crippen molar-refractivity contribution in [3.63, 3.8) is 0 Å². The number of hydrogen-bond acceptors (Lipinski definition) is 2. The predicted molar refractivity (Wildman–Crippen MR) is 103 cm³/mol. The monoisotopic (exact) mass is 328 g/mol. The molecule has 3 aromatic rings. The summed E-state index contributed by atoms with van der Waals surface area (Å²) in [6.07, 6.45) is 7.06. The molecule has 1 fully saturated rings. The van der Waals surface area contributed by atoms with Crippen LogP contribution < -0.4 is 0 Å². The highest BCUT2D eigenvalue weighted by Crippen LogP contribution is 2.33. The largest absolute Gasteiger partial charge is 0.296 e. The predicted octanol–water partition coefficient (Wildman–Crippen LogP) is 4.61. The lowest BCUT2D eigenvalue weighted by Gasteiger charge is -2.42. The highest BCUT2D eigenvalue weighted by molar-refractivity contribution is 5.78. The molecule has 3 aliphatic rings. The Morgan fingerprint density at radius 2 is 1.80 bits per heavy atom.